The molecule has 4 heteroatoms. The van der Waals surface area contributed by atoms with Crippen LogP contribution in [0.15, 0.2) is 0 Å². The zero-order chi connectivity index (χ0) is 9.72. The van der Waals surface area contributed by atoms with Gasteiger partial charge in [0.1, 0.15) is 6.10 Å². The average molecular weight is 175 g/mol. The lowest BCUT2D eigenvalue weighted by molar-refractivity contribution is -0.542. The maximum atomic E-state index is 10.5. The van der Waals surface area contributed by atoms with E-state index >= 15 is 0 Å². The number of aliphatic hydroxyl groups excluding tert-OH is 1. The van der Waals surface area contributed by atoms with Gasteiger partial charge in [-0.15, -0.1) is 0 Å². The largest absolute Gasteiger partial charge is 0.386 e. The molecule has 0 bridgehead atoms. The fourth-order valence-electron chi connectivity index (χ4n) is 1.29. The minimum atomic E-state index is -0.815. The third-order valence-corrected chi connectivity index (χ3v) is 1.91. The predicted octanol–water partition coefficient (Wildman–Crippen LogP) is 1.45. The van der Waals surface area contributed by atoms with Crippen molar-refractivity contribution in [3.05, 3.63) is 10.1 Å². The van der Waals surface area contributed by atoms with E-state index in [1.54, 1.807) is 13.8 Å². The van der Waals surface area contributed by atoms with Crippen LogP contribution in [0.25, 0.3) is 0 Å². The Morgan fingerprint density at radius 3 is 2.25 bits per heavy atom. The van der Waals surface area contributed by atoms with E-state index in [0.717, 1.165) is 6.42 Å². The molecule has 2 unspecified atom stereocenters. The molecule has 72 valence electrons. The molecule has 0 fully saturated rings. The van der Waals surface area contributed by atoms with Crippen LogP contribution >= 0.6 is 0 Å². The number of hydrogen-bond donors (Lipinski definition) is 1. The Kier molecular flexibility index (Phi) is 4.81. The summed E-state index contributed by atoms with van der Waals surface area (Å²) in [6, 6.07) is -0.815. The summed E-state index contributed by atoms with van der Waals surface area (Å²) in [4.78, 5) is 10.1. The minimum Gasteiger partial charge on any atom is -0.386 e. The molecule has 1 N–H and O–H groups in total. The van der Waals surface area contributed by atoms with Gasteiger partial charge in [-0.05, 0) is 6.42 Å². The van der Waals surface area contributed by atoms with E-state index in [0.29, 0.717) is 6.42 Å². The van der Waals surface area contributed by atoms with E-state index in [-0.39, 0.29) is 10.8 Å². The summed E-state index contributed by atoms with van der Waals surface area (Å²) in [5.41, 5.74) is 0. The van der Waals surface area contributed by atoms with Crippen LogP contribution < -0.4 is 0 Å². The van der Waals surface area contributed by atoms with Gasteiger partial charge in [-0.25, -0.2) is 0 Å². The van der Waals surface area contributed by atoms with E-state index in [1.807, 2.05) is 6.92 Å². The number of nitrogens with zero attached hydrogens (tertiary/aromatic N) is 1. The third kappa shape index (κ3) is 3.17. The normalized spacial score (nSPS) is 16.1. The van der Waals surface area contributed by atoms with Crippen LogP contribution in [0.2, 0.25) is 0 Å². The van der Waals surface area contributed by atoms with Crippen molar-refractivity contribution in [3.63, 3.8) is 0 Å². The molecule has 0 aromatic carbocycles. The SMILES string of the molecule is CCCC(O)C(C(C)C)[N+](=O)[O-]. The van der Waals surface area contributed by atoms with Gasteiger partial charge in [-0.3, -0.25) is 10.1 Å². The fourth-order valence-corrected chi connectivity index (χ4v) is 1.29. The van der Waals surface area contributed by atoms with Gasteiger partial charge in [0.2, 0.25) is 6.04 Å². The first-order valence-corrected chi connectivity index (χ1v) is 4.32. The van der Waals surface area contributed by atoms with Gasteiger partial charge in [-0.2, -0.15) is 0 Å². The molecule has 0 amide bonds. The molecule has 0 aliphatic rings. The standard InChI is InChI=1S/C8H17NO3/c1-4-5-7(10)8(6(2)3)9(11)12/h6-8,10H,4-5H2,1-3H3. The zero-order valence-electron chi connectivity index (χ0n) is 7.86. The van der Waals surface area contributed by atoms with Crippen LogP contribution in [-0.2, 0) is 0 Å². The van der Waals surface area contributed by atoms with Crippen molar-refractivity contribution in [1.82, 2.24) is 0 Å². The number of aliphatic hydroxyl groups is 1. The van der Waals surface area contributed by atoms with Crippen molar-refractivity contribution in [2.24, 2.45) is 5.92 Å². The molecular formula is C8H17NO3. The smallest absolute Gasteiger partial charge is 0.240 e. The Balaban J connectivity index is 4.19. The van der Waals surface area contributed by atoms with Gasteiger partial charge in [0.15, 0.2) is 0 Å². The van der Waals surface area contributed by atoms with Gasteiger partial charge in [0.05, 0.1) is 0 Å². The highest BCUT2D eigenvalue weighted by Gasteiger charge is 2.32. The molecular weight excluding hydrogens is 158 g/mol. The molecule has 0 spiro atoms. The highest BCUT2D eigenvalue weighted by Crippen LogP contribution is 2.13. The lowest BCUT2D eigenvalue weighted by Crippen LogP contribution is -2.37. The van der Waals surface area contributed by atoms with E-state index in [4.69, 9.17) is 0 Å². The summed E-state index contributed by atoms with van der Waals surface area (Å²) in [7, 11) is 0. The lowest BCUT2D eigenvalue weighted by Gasteiger charge is -2.17. The van der Waals surface area contributed by atoms with E-state index < -0.39 is 12.1 Å². The van der Waals surface area contributed by atoms with Crippen molar-refractivity contribution < 1.29 is 10.0 Å². The highest BCUT2D eigenvalue weighted by molar-refractivity contribution is 4.70. The molecule has 12 heavy (non-hydrogen) atoms. The molecule has 2 atom stereocenters. The van der Waals surface area contributed by atoms with Gasteiger partial charge in [-0.1, -0.05) is 27.2 Å². The topological polar surface area (TPSA) is 63.4 Å². The second-order valence-electron chi connectivity index (χ2n) is 3.38. The molecule has 0 saturated carbocycles. The minimum absolute atomic E-state index is 0.110. The van der Waals surface area contributed by atoms with E-state index in [9.17, 15) is 15.2 Å². The van der Waals surface area contributed by atoms with Gasteiger partial charge in [0.25, 0.3) is 0 Å². The van der Waals surface area contributed by atoms with Crippen LogP contribution in [0.4, 0.5) is 0 Å². The van der Waals surface area contributed by atoms with Gasteiger partial charge in [0, 0.05) is 10.8 Å². The number of hydrogen-bond acceptors (Lipinski definition) is 3. The molecule has 0 aliphatic carbocycles. The monoisotopic (exact) mass is 175 g/mol. The van der Waals surface area contributed by atoms with Crippen molar-refractivity contribution in [3.8, 4) is 0 Å². The van der Waals surface area contributed by atoms with Crippen molar-refractivity contribution in [1.29, 1.82) is 0 Å². The van der Waals surface area contributed by atoms with E-state index in [1.165, 1.54) is 0 Å². The quantitative estimate of drug-likeness (QED) is 0.508. The molecule has 0 aromatic rings. The summed E-state index contributed by atoms with van der Waals surface area (Å²) in [5.74, 6) is -0.110. The third-order valence-electron chi connectivity index (χ3n) is 1.91. The molecule has 4 nitrogen and oxygen atoms in total. The maximum absolute atomic E-state index is 10.5. The molecule has 0 radical (unpaired) electrons. The van der Waals surface area contributed by atoms with Crippen molar-refractivity contribution in [2.75, 3.05) is 0 Å². The summed E-state index contributed by atoms with van der Waals surface area (Å²) < 4.78 is 0. The summed E-state index contributed by atoms with van der Waals surface area (Å²) in [6.45, 7) is 5.42. The molecule has 0 rings (SSSR count). The first-order valence-electron chi connectivity index (χ1n) is 4.32. The zero-order valence-corrected chi connectivity index (χ0v) is 7.86. The van der Waals surface area contributed by atoms with Crippen LogP contribution in [-0.4, -0.2) is 22.2 Å². The first kappa shape index (κ1) is 11.4. The number of rotatable bonds is 5. The van der Waals surface area contributed by atoms with Crippen LogP contribution in [0.3, 0.4) is 0 Å². The Labute approximate surface area is 72.7 Å². The van der Waals surface area contributed by atoms with Crippen LogP contribution in [0.5, 0.6) is 0 Å². The second kappa shape index (κ2) is 5.09. The summed E-state index contributed by atoms with van der Waals surface area (Å²) >= 11 is 0. The Hall–Kier alpha value is -0.640. The molecule has 0 aliphatic heterocycles. The maximum Gasteiger partial charge on any atom is 0.240 e. The van der Waals surface area contributed by atoms with Crippen molar-refractivity contribution >= 4 is 0 Å². The highest BCUT2D eigenvalue weighted by atomic mass is 16.6. The molecule has 0 aromatic heterocycles. The van der Waals surface area contributed by atoms with Crippen LogP contribution in [0.1, 0.15) is 33.6 Å². The molecule has 0 heterocycles. The average Bonchev–Trinajstić information content (AvgIpc) is 1.85. The molecule has 0 saturated heterocycles. The second-order valence-corrected chi connectivity index (χ2v) is 3.38. The predicted molar refractivity (Wildman–Crippen MR) is 46.5 cm³/mol. The fraction of sp³-hybridized carbons (Fsp3) is 1.00. The first-order chi connectivity index (χ1) is 5.50. The van der Waals surface area contributed by atoms with Crippen molar-refractivity contribution in [2.45, 2.75) is 45.8 Å². The summed E-state index contributed by atoms with van der Waals surface area (Å²) in [6.07, 6.45) is 0.479. The summed E-state index contributed by atoms with van der Waals surface area (Å²) in [5, 5.41) is 19.9. The van der Waals surface area contributed by atoms with Crippen LogP contribution in [0, 0.1) is 16.0 Å². The lowest BCUT2D eigenvalue weighted by atomic mass is 9.96. The van der Waals surface area contributed by atoms with Gasteiger partial charge >= 0.3 is 0 Å². The van der Waals surface area contributed by atoms with E-state index in [2.05, 4.69) is 0 Å². The Bertz CT molecular complexity index is 147. The Morgan fingerprint density at radius 2 is 2.00 bits per heavy atom. The number of nitro groups is 1. The van der Waals surface area contributed by atoms with Gasteiger partial charge < -0.3 is 5.11 Å². The Morgan fingerprint density at radius 1 is 1.50 bits per heavy atom.